The van der Waals surface area contributed by atoms with E-state index >= 15 is 0 Å². The summed E-state index contributed by atoms with van der Waals surface area (Å²) in [6.45, 7) is 2.10. The van der Waals surface area contributed by atoms with Gasteiger partial charge in [-0.1, -0.05) is 40.2 Å². The quantitative estimate of drug-likeness (QED) is 0.326. The number of hydrogen-bond acceptors (Lipinski definition) is 7. The van der Waals surface area contributed by atoms with Crippen LogP contribution >= 0.6 is 15.9 Å². The van der Waals surface area contributed by atoms with Gasteiger partial charge in [-0.25, -0.2) is 4.98 Å². The topological polar surface area (TPSA) is 135 Å². The van der Waals surface area contributed by atoms with Crippen LogP contribution in [0, 0.1) is 10.1 Å². The molecule has 0 unspecified atom stereocenters. The molecule has 3 N–H and O–H groups in total. The van der Waals surface area contributed by atoms with E-state index in [2.05, 4.69) is 26.2 Å². The minimum atomic E-state index is -0.478. The Kier molecular flexibility index (Phi) is 7.46. The van der Waals surface area contributed by atoms with Gasteiger partial charge in [0, 0.05) is 54.3 Å². The van der Waals surface area contributed by atoms with E-state index in [1.54, 1.807) is 22.1 Å². The summed E-state index contributed by atoms with van der Waals surface area (Å²) in [6, 6.07) is 10.2. The molecule has 2 amide bonds. The Balaban J connectivity index is 1.44. The number of anilines is 2. The van der Waals surface area contributed by atoms with Gasteiger partial charge in [0.25, 0.3) is 17.5 Å². The molecule has 198 valence electrons. The molecule has 3 aromatic rings. The van der Waals surface area contributed by atoms with Crippen molar-refractivity contribution in [2.24, 2.45) is 0 Å². The van der Waals surface area contributed by atoms with Crippen LogP contribution in [0.15, 0.2) is 47.1 Å². The highest BCUT2D eigenvalue weighted by Gasteiger charge is 2.32. The SMILES string of the molecule is Nc1ncc2ccccc2c1C(=O)N1CCC[C@@H](Nc2c(C(=O)N3CCCCC3)cc(Br)cc2[N+](=O)[O-])C1. The maximum absolute atomic E-state index is 13.6. The van der Waals surface area contributed by atoms with E-state index in [0.717, 1.165) is 30.0 Å². The van der Waals surface area contributed by atoms with Gasteiger partial charge in [-0.2, -0.15) is 0 Å². The van der Waals surface area contributed by atoms with Crippen molar-refractivity contribution in [3.8, 4) is 0 Å². The van der Waals surface area contributed by atoms with Gasteiger partial charge < -0.3 is 20.9 Å². The molecule has 38 heavy (non-hydrogen) atoms. The average molecular weight is 581 g/mol. The number of carbonyl (C=O) groups is 2. The van der Waals surface area contributed by atoms with E-state index < -0.39 is 4.92 Å². The predicted molar refractivity (Wildman–Crippen MR) is 149 cm³/mol. The number of halogens is 1. The molecule has 2 fully saturated rings. The first kappa shape index (κ1) is 25.9. The van der Waals surface area contributed by atoms with Crippen LogP contribution in [0.5, 0.6) is 0 Å². The summed E-state index contributed by atoms with van der Waals surface area (Å²) >= 11 is 3.34. The Morgan fingerprint density at radius 2 is 1.79 bits per heavy atom. The number of nitrogen functional groups attached to an aromatic ring is 1. The number of hydrogen-bond donors (Lipinski definition) is 2. The Labute approximate surface area is 228 Å². The summed E-state index contributed by atoms with van der Waals surface area (Å²) in [6.07, 6.45) is 5.93. The number of nitro groups is 1. The van der Waals surface area contributed by atoms with E-state index in [-0.39, 0.29) is 40.6 Å². The first-order valence-electron chi connectivity index (χ1n) is 12.8. The Hall–Kier alpha value is -3.73. The first-order chi connectivity index (χ1) is 18.3. The summed E-state index contributed by atoms with van der Waals surface area (Å²) in [5, 5.41) is 16.9. The highest BCUT2D eigenvalue weighted by Crippen LogP contribution is 2.35. The van der Waals surface area contributed by atoms with E-state index in [1.807, 2.05) is 24.3 Å². The molecular weight excluding hydrogens is 552 g/mol. The van der Waals surface area contributed by atoms with Crippen LogP contribution in [0.3, 0.4) is 0 Å². The molecule has 3 heterocycles. The van der Waals surface area contributed by atoms with E-state index in [9.17, 15) is 19.7 Å². The average Bonchev–Trinajstić information content (AvgIpc) is 2.93. The molecular formula is C27H29BrN6O4. The number of nitro benzene ring substituents is 1. The van der Waals surface area contributed by atoms with Gasteiger partial charge in [0.05, 0.1) is 16.1 Å². The number of nitrogens with zero attached hydrogens (tertiary/aromatic N) is 4. The number of amides is 2. The Morgan fingerprint density at radius 3 is 2.55 bits per heavy atom. The molecule has 2 aliphatic rings. The summed E-state index contributed by atoms with van der Waals surface area (Å²) < 4.78 is 0.467. The third-order valence-corrected chi connectivity index (χ3v) is 7.71. The number of carbonyl (C=O) groups excluding carboxylic acids is 2. The summed E-state index contributed by atoms with van der Waals surface area (Å²) in [7, 11) is 0. The monoisotopic (exact) mass is 580 g/mol. The Bertz CT molecular complexity index is 1410. The molecule has 0 saturated carbocycles. The lowest BCUT2D eigenvalue weighted by molar-refractivity contribution is -0.384. The molecule has 0 aliphatic carbocycles. The minimum Gasteiger partial charge on any atom is -0.383 e. The second-order valence-electron chi connectivity index (χ2n) is 9.80. The zero-order chi connectivity index (χ0) is 26.8. The van der Waals surface area contributed by atoms with Gasteiger partial charge in [-0.3, -0.25) is 19.7 Å². The molecule has 11 heteroatoms. The highest BCUT2D eigenvalue weighted by atomic mass is 79.9. The fourth-order valence-corrected chi connectivity index (χ4v) is 5.82. The number of nitrogens with one attached hydrogen (secondary N) is 1. The number of aromatic nitrogens is 1. The zero-order valence-corrected chi connectivity index (χ0v) is 22.4. The van der Waals surface area contributed by atoms with Crippen LogP contribution < -0.4 is 11.1 Å². The lowest BCUT2D eigenvalue weighted by Gasteiger charge is -2.34. The third kappa shape index (κ3) is 5.15. The first-order valence-corrected chi connectivity index (χ1v) is 13.6. The Morgan fingerprint density at radius 1 is 1.05 bits per heavy atom. The van der Waals surface area contributed by atoms with Crippen molar-refractivity contribution < 1.29 is 14.5 Å². The van der Waals surface area contributed by atoms with Crippen LogP contribution in [0.4, 0.5) is 17.2 Å². The maximum Gasteiger partial charge on any atom is 0.294 e. The van der Waals surface area contributed by atoms with Crippen molar-refractivity contribution in [1.82, 2.24) is 14.8 Å². The third-order valence-electron chi connectivity index (χ3n) is 7.25. The molecule has 2 aliphatic heterocycles. The van der Waals surface area contributed by atoms with Crippen molar-refractivity contribution in [1.29, 1.82) is 0 Å². The number of piperidine rings is 2. The summed E-state index contributed by atoms with van der Waals surface area (Å²) in [4.78, 5) is 46.3. The van der Waals surface area contributed by atoms with Crippen molar-refractivity contribution >= 4 is 55.7 Å². The summed E-state index contributed by atoms with van der Waals surface area (Å²) in [5.41, 5.74) is 6.79. The van der Waals surface area contributed by atoms with Crippen molar-refractivity contribution in [3.05, 3.63) is 68.3 Å². The second-order valence-corrected chi connectivity index (χ2v) is 10.7. The van der Waals surface area contributed by atoms with Crippen molar-refractivity contribution in [2.75, 3.05) is 37.2 Å². The van der Waals surface area contributed by atoms with E-state index in [0.29, 0.717) is 49.1 Å². The molecule has 0 bridgehead atoms. The molecule has 1 atom stereocenters. The van der Waals surface area contributed by atoms with Gasteiger partial charge in [-0.05, 0) is 43.6 Å². The standard InChI is InChI=1S/C27H29BrN6O4/c28-18-13-21(26(35)32-10-4-1-5-11-32)24(22(14-18)34(37)38)31-19-8-6-12-33(16-19)27(36)23-20-9-3-2-7-17(20)15-30-25(23)29/h2-3,7,9,13-15,19,31H,1,4-6,8,10-12,16H2,(H2,29,30)/t19-/m1/s1. The second kappa shape index (κ2) is 10.9. The molecule has 1 aromatic heterocycles. The molecule has 2 saturated heterocycles. The van der Waals surface area contributed by atoms with Gasteiger partial charge in [0.1, 0.15) is 11.5 Å². The van der Waals surface area contributed by atoms with Gasteiger partial charge >= 0.3 is 0 Å². The number of rotatable bonds is 5. The lowest BCUT2D eigenvalue weighted by atomic mass is 10.0. The normalized spacial score (nSPS) is 17.9. The molecule has 0 spiro atoms. The maximum atomic E-state index is 13.6. The molecule has 2 aromatic carbocycles. The fraction of sp³-hybridized carbons (Fsp3) is 0.370. The van der Waals surface area contributed by atoms with Crippen molar-refractivity contribution in [2.45, 2.75) is 38.1 Å². The summed E-state index contributed by atoms with van der Waals surface area (Å²) in [5.74, 6) is -0.287. The number of fused-ring (bicyclic) bond motifs is 1. The van der Waals surface area contributed by atoms with Gasteiger partial charge in [-0.15, -0.1) is 0 Å². The van der Waals surface area contributed by atoms with Crippen LogP contribution in [0.2, 0.25) is 0 Å². The molecule has 10 nitrogen and oxygen atoms in total. The minimum absolute atomic E-state index is 0.168. The van der Waals surface area contributed by atoms with Gasteiger partial charge in [0.15, 0.2) is 0 Å². The zero-order valence-electron chi connectivity index (χ0n) is 20.9. The van der Waals surface area contributed by atoms with Gasteiger partial charge in [0.2, 0.25) is 0 Å². The van der Waals surface area contributed by atoms with Crippen LogP contribution in [-0.2, 0) is 0 Å². The number of nitrogens with two attached hydrogens (primary N) is 1. The number of pyridine rings is 1. The smallest absolute Gasteiger partial charge is 0.294 e. The van der Waals surface area contributed by atoms with Crippen LogP contribution in [0.25, 0.3) is 10.8 Å². The van der Waals surface area contributed by atoms with Crippen LogP contribution in [-0.4, -0.2) is 63.7 Å². The van der Waals surface area contributed by atoms with E-state index in [1.165, 1.54) is 6.07 Å². The fourth-order valence-electron chi connectivity index (χ4n) is 5.37. The number of benzene rings is 2. The van der Waals surface area contributed by atoms with E-state index in [4.69, 9.17) is 5.73 Å². The van der Waals surface area contributed by atoms with Crippen molar-refractivity contribution in [3.63, 3.8) is 0 Å². The molecule has 0 radical (unpaired) electrons. The largest absolute Gasteiger partial charge is 0.383 e. The lowest BCUT2D eigenvalue weighted by Crippen LogP contribution is -2.45. The predicted octanol–water partition coefficient (Wildman–Crippen LogP) is 4.83. The highest BCUT2D eigenvalue weighted by molar-refractivity contribution is 9.10. The van der Waals surface area contributed by atoms with Crippen LogP contribution in [0.1, 0.15) is 52.8 Å². The molecule has 5 rings (SSSR count). The number of likely N-dealkylation sites (tertiary alicyclic amines) is 2.